The maximum absolute atomic E-state index is 3.57. The van der Waals surface area contributed by atoms with Crippen LogP contribution in [0.2, 0.25) is 0 Å². The van der Waals surface area contributed by atoms with Crippen LogP contribution in [0, 0.1) is 0 Å². The van der Waals surface area contributed by atoms with E-state index in [4.69, 9.17) is 0 Å². The van der Waals surface area contributed by atoms with Crippen molar-refractivity contribution in [2.75, 3.05) is 0 Å². The van der Waals surface area contributed by atoms with Gasteiger partial charge in [-0.25, -0.2) is 0 Å². The largest absolute Gasteiger partial charge is 0.361 e. The van der Waals surface area contributed by atoms with Crippen LogP contribution >= 0.6 is 63.7 Å². The number of fused-ring (bicyclic) bond motifs is 1. The topological polar surface area (TPSA) is 15.8 Å². The minimum atomic E-state index is 0.890. The van der Waals surface area contributed by atoms with Crippen molar-refractivity contribution in [3.63, 3.8) is 0 Å². The van der Waals surface area contributed by atoms with Gasteiger partial charge in [0, 0.05) is 35.0 Å². The molecule has 20 heavy (non-hydrogen) atoms. The highest BCUT2D eigenvalue weighted by molar-refractivity contribution is 9.14. The molecule has 0 aliphatic carbocycles. The highest BCUT2D eigenvalue weighted by atomic mass is 79.9. The Kier molecular flexibility index (Phi) is 4.41. The van der Waals surface area contributed by atoms with Gasteiger partial charge in [-0.1, -0.05) is 15.9 Å². The number of rotatable bonds is 2. The highest BCUT2D eigenvalue weighted by Gasteiger charge is 2.09. The molecule has 0 aliphatic heterocycles. The average molecular weight is 523 g/mol. The van der Waals surface area contributed by atoms with Crippen molar-refractivity contribution < 1.29 is 0 Å². The van der Waals surface area contributed by atoms with Gasteiger partial charge in [0.25, 0.3) is 0 Å². The summed E-state index contributed by atoms with van der Waals surface area (Å²) in [7, 11) is 0. The molecule has 0 radical (unpaired) electrons. The van der Waals surface area contributed by atoms with Gasteiger partial charge < -0.3 is 4.98 Å². The van der Waals surface area contributed by atoms with E-state index in [1.54, 1.807) is 0 Å². The predicted molar refractivity (Wildman–Crippen MR) is 98.3 cm³/mol. The maximum atomic E-state index is 3.57. The molecule has 3 aromatic rings. The summed E-state index contributed by atoms with van der Waals surface area (Å²) in [5, 5.41) is 1.26. The van der Waals surface area contributed by atoms with Crippen LogP contribution in [-0.4, -0.2) is 4.98 Å². The summed E-state index contributed by atoms with van der Waals surface area (Å²) in [5.41, 5.74) is 3.72. The Bertz CT molecular complexity index is 769. The van der Waals surface area contributed by atoms with Gasteiger partial charge >= 0.3 is 0 Å². The zero-order valence-electron chi connectivity index (χ0n) is 10.2. The Morgan fingerprint density at radius 1 is 0.900 bits per heavy atom. The molecule has 0 bridgehead atoms. The van der Waals surface area contributed by atoms with Crippen molar-refractivity contribution in [3.8, 4) is 0 Å². The third kappa shape index (κ3) is 2.91. The Morgan fingerprint density at radius 2 is 1.60 bits per heavy atom. The second-order valence-electron chi connectivity index (χ2n) is 4.55. The molecule has 0 saturated carbocycles. The highest BCUT2D eigenvalue weighted by Crippen LogP contribution is 2.33. The molecule has 1 nitrogen and oxygen atoms in total. The van der Waals surface area contributed by atoms with E-state index in [-0.39, 0.29) is 0 Å². The maximum Gasteiger partial charge on any atom is 0.0459 e. The number of hydrogen-bond donors (Lipinski definition) is 1. The van der Waals surface area contributed by atoms with Crippen LogP contribution in [0.1, 0.15) is 11.1 Å². The second kappa shape index (κ2) is 5.95. The van der Waals surface area contributed by atoms with E-state index >= 15 is 0 Å². The summed E-state index contributed by atoms with van der Waals surface area (Å²) in [6, 6.07) is 10.6. The zero-order valence-corrected chi connectivity index (χ0v) is 16.5. The van der Waals surface area contributed by atoms with E-state index in [1.807, 2.05) is 0 Å². The van der Waals surface area contributed by atoms with Gasteiger partial charge in [-0.15, -0.1) is 0 Å². The van der Waals surface area contributed by atoms with Crippen LogP contribution in [-0.2, 0) is 6.42 Å². The number of benzene rings is 2. The van der Waals surface area contributed by atoms with Gasteiger partial charge in [-0.2, -0.15) is 0 Å². The van der Waals surface area contributed by atoms with Crippen LogP contribution in [0.25, 0.3) is 10.9 Å². The second-order valence-corrected chi connectivity index (χ2v) is 7.97. The SMILES string of the molecule is Brc1ccc2[nH]cc(Cc3cc(Br)c(Br)c(Br)c3)c2c1. The molecule has 102 valence electrons. The molecule has 0 amide bonds. The molecule has 0 spiro atoms. The van der Waals surface area contributed by atoms with Gasteiger partial charge in [0.15, 0.2) is 0 Å². The lowest BCUT2D eigenvalue weighted by Gasteiger charge is -2.06. The Hall–Kier alpha value is -0.100. The van der Waals surface area contributed by atoms with E-state index in [1.165, 1.54) is 22.0 Å². The van der Waals surface area contributed by atoms with E-state index in [0.29, 0.717) is 0 Å². The molecule has 0 saturated heterocycles. The average Bonchev–Trinajstić information content (AvgIpc) is 2.78. The smallest absolute Gasteiger partial charge is 0.0459 e. The fraction of sp³-hybridized carbons (Fsp3) is 0.0667. The number of aromatic nitrogens is 1. The third-order valence-corrected chi connectivity index (χ3v) is 6.83. The fourth-order valence-corrected chi connectivity index (χ4v) is 4.10. The van der Waals surface area contributed by atoms with Crippen molar-refractivity contribution in [3.05, 3.63) is 65.5 Å². The molecule has 2 aromatic carbocycles. The van der Waals surface area contributed by atoms with E-state index in [2.05, 4.69) is 105 Å². The summed E-state index contributed by atoms with van der Waals surface area (Å²) in [6.07, 6.45) is 2.97. The zero-order chi connectivity index (χ0) is 14.3. The number of hydrogen-bond acceptors (Lipinski definition) is 0. The number of nitrogens with one attached hydrogen (secondary N) is 1. The van der Waals surface area contributed by atoms with Crippen LogP contribution in [0.15, 0.2) is 54.4 Å². The lowest BCUT2D eigenvalue weighted by Crippen LogP contribution is -1.88. The molecule has 0 unspecified atom stereocenters. The van der Waals surface area contributed by atoms with Gasteiger partial charge in [-0.05, 0) is 95.7 Å². The summed E-state index contributed by atoms with van der Waals surface area (Å²) < 4.78 is 4.26. The summed E-state index contributed by atoms with van der Waals surface area (Å²) in [5.74, 6) is 0. The van der Waals surface area contributed by atoms with Crippen molar-refractivity contribution in [2.45, 2.75) is 6.42 Å². The third-order valence-electron chi connectivity index (χ3n) is 3.17. The molecule has 1 N–H and O–H groups in total. The summed E-state index contributed by atoms with van der Waals surface area (Å²) >= 11 is 14.2. The van der Waals surface area contributed by atoms with Crippen molar-refractivity contribution in [2.24, 2.45) is 0 Å². The van der Waals surface area contributed by atoms with Gasteiger partial charge in [-0.3, -0.25) is 0 Å². The van der Waals surface area contributed by atoms with E-state index in [9.17, 15) is 0 Å². The van der Waals surface area contributed by atoms with E-state index in [0.717, 1.165) is 24.3 Å². The first-order chi connectivity index (χ1) is 9.54. The molecule has 3 rings (SSSR count). The molecular formula is C15H9Br4N. The lowest BCUT2D eigenvalue weighted by molar-refractivity contribution is 1.19. The monoisotopic (exact) mass is 519 g/mol. The minimum absolute atomic E-state index is 0.890. The Morgan fingerprint density at radius 3 is 2.30 bits per heavy atom. The van der Waals surface area contributed by atoms with Crippen LogP contribution < -0.4 is 0 Å². The van der Waals surface area contributed by atoms with Gasteiger partial charge in [0.1, 0.15) is 0 Å². The minimum Gasteiger partial charge on any atom is -0.361 e. The quantitative estimate of drug-likeness (QED) is 0.356. The first-order valence-electron chi connectivity index (χ1n) is 5.93. The van der Waals surface area contributed by atoms with Crippen molar-refractivity contribution in [1.29, 1.82) is 0 Å². The Balaban J connectivity index is 2.03. The molecule has 0 fully saturated rings. The first kappa shape index (κ1) is 14.8. The Labute approximate surface area is 150 Å². The fourth-order valence-electron chi connectivity index (χ4n) is 2.23. The standard InChI is InChI=1S/C15H9Br4N/c16-10-1-2-14-11(6-10)9(7-20-14)3-8-4-12(17)15(19)13(18)5-8/h1-2,4-7,20H,3H2. The van der Waals surface area contributed by atoms with Crippen LogP contribution in [0.4, 0.5) is 0 Å². The number of halogens is 4. The first-order valence-corrected chi connectivity index (χ1v) is 9.11. The van der Waals surface area contributed by atoms with Crippen LogP contribution in [0.3, 0.4) is 0 Å². The summed E-state index contributed by atoms with van der Waals surface area (Å²) in [6.45, 7) is 0. The number of aromatic amines is 1. The molecular weight excluding hydrogens is 514 g/mol. The van der Waals surface area contributed by atoms with Crippen LogP contribution in [0.5, 0.6) is 0 Å². The lowest BCUT2D eigenvalue weighted by atomic mass is 10.0. The molecule has 1 heterocycles. The molecule has 1 aromatic heterocycles. The molecule has 5 heteroatoms. The predicted octanol–water partition coefficient (Wildman–Crippen LogP) is 6.81. The molecule has 0 atom stereocenters. The van der Waals surface area contributed by atoms with Gasteiger partial charge in [0.05, 0.1) is 0 Å². The van der Waals surface area contributed by atoms with E-state index < -0.39 is 0 Å². The normalized spacial score (nSPS) is 11.2. The summed E-state index contributed by atoms with van der Waals surface area (Å²) in [4.78, 5) is 3.32. The van der Waals surface area contributed by atoms with Crippen molar-refractivity contribution in [1.82, 2.24) is 4.98 Å². The number of H-pyrrole nitrogens is 1. The van der Waals surface area contributed by atoms with Gasteiger partial charge in [0.2, 0.25) is 0 Å². The van der Waals surface area contributed by atoms with Crippen molar-refractivity contribution >= 4 is 74.6 Å². The molecule has 0 aliphatic rings.